The van der Waals surface area contributed by atoms with E-state index in [0.717, 1.165) is 12.0 Å². The van der Waals surface area contributed by atoms with E-state index >= 15 is 0 Å². The van der Waals surface area contributed by atoms with Crippen molar-refractivity contribution in [3.05, 3.63) is 35.4 Å². The number of nitrogens with one attached hydrogen (secondary N) is 1. The first-order valence-corrected chi connectivity index (χ1v) is 8.70. The Balaban J connectivity index is 1.64. The highest BCUT2D eigenvalue weighted by atomic mass is 15.0. The fourth-order valence-corrected chi connectivity index (χ4v) is 4.16. The number of hydrogen-bond acceptors (Lipinski definition) is 1. The predicted octanol–water partition coefficient (Wildman–Crippen LogP) is 5.01. The number of rotatable bonds is 3. The first-order chi connectivity index (χ1) is 9.86. The molecule has 3 rings (SSSR count). The molecule has 1 fully saturated rings. The van der Waals surface area contributed by atoms with Crippen LogP contribution in [0.15, 0.2) is 24.3 Å². The fraction of sp³-hybridized carbons (Fsp3) is 0.684. The third-order valence-electron chi connectivity index (χ3n) is 5.47. The van der Waals surface area contributed by atoms with Crippen LogP contribution in [0.2, 0.25) is 0 Å². The van der Waals surface area contributed by atoms with E-state index in [1.165, 1.54) is 57.8 Å². The van der Waals surface area contributed by atoms with Gasteiger partial charge in [-0.25, -0.2) is 0 Å². The highest BCUT2D eigenvalue weighted by Gasteiger charge is 2.24. The third-order valence-corrected chi connectivity index (χ3v) is 5.47. The Labute approximate surface area is 124 Å². The Kier molecular flexibility index (Phi) is 4.77. The van der Waals surface area contributed by atoms with Gasteiger partial charge in [0.25, 0.3) is 0 Å². The molecular formula is C19H29N. The zero-order valence-corrected chi connectivity index (χ0v) is 12.9. The van der Waals surface area contributed by atoms with E-state index in [1.54, 1.807) is 11.1 Å². The predicted molar refractivity (Wildman–Crippen MR) is 85.9 cm³/mol. The minimum absolute atomic E-state index is 0.614. The lowest BCUT2D eigenvalue weighted by Crippen LogP contribution is -2.34. The summed E-state index contributed by atoms with van der Waals surface area (Å²) in [6.07, 6.45) is 12.4. The maximum Gasteiger partial charge on any atom is 0.0325 e. The van der Waals surface area contributed by atoms with Gasteiger partial charge in [-0.15, -0.1) is 0 Å². The molecule has 20 heavy (non-hydrogen) atoms. The van der Waals surface area contributed by atoms with Gasteiger partial charge in [0.05, 0.1) is 0 Å². The fourth-order valence-electron chi connectivity index (χ4n) is 4.16. The molecule has 1 aromatic carbocycles. The Bertz CT molecular complexity index is 426. The van der Waals surface area contributed by atoms with E-state index < -0.39 is 0 Å². The average molecular weight is 271 g/mol. The van der Waals surface area contributed by atoms with Gasteiger partial charge in [0, 0.05) is 12.1 Å². The van der Waals surface area contributed by atoms with E-state index in [9.17, 15) is 0 Å². The molecule has 0 aromatic heterocycles. The standard InChI is InChI=1S/C19H29N/c1-2-15-7-5-10-17(14-13-15)20-19-12-6-9-16-8-3-4-11-18(16)19/h3-4,8,11,15,17,19-20H,2,5-7,9-10,12-14H2,1H3. The quantitative estimate of drug-likeness (QED) is 0.762. The number of aryl methyl sites for hydroxylation is 1. The first-order valence-electron chi connectivity index (χ1n) is 8.70. The van der Waals surface area contributed by atoms with Gasteiger partial charge in [0.15, 0.2) is 0 Å². The van der Waals surface area contributed by atoms with E-state index in [4.69, 9.17) is 0 Å². The van der Waals surface area contributed by atoms with Gasteiger partial charge < -0.3 is 5.32 Å². The van der Waals surface area contributed by atoms with E-state index in [0.29, 0.717) is 6.04 Å². The number of fused-ring (bicyclic) bond motifs is 1. The molecule has 1 nitrogen and oxygen atoms in total. The lowest BCUT2D eigenvalue weighted by Gasteiger charge is -2.30. The average Bonchev–Trinajstić information content (AvgIpc) is 2.73. The topological polar surface area (TPSA) is 12.0 Å². The zero-order valence-electron chi connectivity index (χ0n) is 12.9. The van der Waals surface area contributed by atoms with Gasteiger partial charge in [0.2, 0.25) is 0 Å². The van der Waals surface area contributed by atoms with Crippen molar-refractivity contribution in [2.75, 3.05) is 0 Å². The Morgan fingerprint density at radius 1 is 1.00 bits per heavy atom. The molecule has 2 aliphatic carbocycles. The van der Waals surface area contributed by atoms with Crippen molar-refractivity contribution in [2.24, 2.45) is 5.92 Å². The van der Waals surface area contributed by atoms with Crippen molar-refractivity contribution in [3.63, 3.8) is 0 Å². The first kappa shape index (κ1) is 14.1. The van der Waals surface area contributed by atoms with Crippen molar-refractivity contribution >= 4 is 0 Å². The molecule has 0 amide bonds. The monoisotopic (exact) mass is 271 g/mol. The molecule has 1 N–H and O–H groups in total. The minimum Gasteiger partial charge on any atom is -0.307 e. The van der Waals surface area contributed by atoms with Crippen LogP contribution in [0, 0.1) is 5.92 Å². The summed E-state index contributed by atoms with van der Waals surface area (Å²) in [5.41, 5.74) is 3.16. The van der Waals surface area contributed by atoms with Gasteiger partial charge in [-0.1, -0.05) is 50.5 Å². The third kappa shape index (κ3) is 3.25. The zero-order chi connectivity index (χ0) is 13.8. The van der Waals surface area contributed by atoms with Crippen LogP contribution >= 0.6 is 0 Å². The number of hydrogen-bond donors (Lipinski definition) is 1. The summed E-state index contributed by atoms with van der Waals surface area (Å²) in [5, 5.41) is 4.00. The Hall–Kier alpha value is -0.820. The van der Waals surface area contributed by atoms with Gasteiger partial charge in [-0.3, -0.25) is 0 Å². The molecule has 3 atom stereocenters. The second-order valence-electron chi connectivity index (χ2n) is 6.79. The van der Waals surface area contributed by atoms with Crippen molar-refractivity contribution in [2.45, 2.75) is 76.8 Å². The molecule has 0 bridgehead atoms. The number of benzene rings is 1. The van der Waals surface area contributed by atoms with Crippen LogP contribution in [-0.2, 0) is 6.42 Å². The maximum atomic E-state index is 4.00. The maximum absolute atomic E-state index is 4.00. The van der Waals surface area contributed by atoms with Gasteiger partial charge in [-0.05, 0) is 55.6 Å². The molecule has 0 saturated heterocycles. The molecule has 1 saturated carbocycles. The molecule has 3 unspecified atom stereocenters. The Morgan fingerprint density at radius 3 is 2.80 bits per heavy atom. The molecule has 1 heteroatoms. The van der Waals surface area contributed by atoms with Gasteiger partial charge >= 0.3 is 0 Å². The molecule has 0 radical (unpaired) electrons. The molecule has 0 aliphatic heterocycles. The Morgan fingerprint density at radius 2 is 1.90 bits per heavy atom. The largest absolute Gasteiger partial charge is 0.307 e. The van der Waals surface area contributed by atoms with Crippen LogP contribution in [0.1, 0.15) is 75.5 Å². The SMILES string of the molecule is CCC1CCCC(NC2CCCc3ccccc32)CC1. The van der Waals surface area contributed by atoms with Crippen LogP contribution in [0.3, 0.4) is 0 Å². The summed E-state index contributed by atoms with van der Waals surface area (Å²) in [5.74, 6) is 0.987. The summed E-state index contributed by atoms with van der Waals surface area (Å²) in [6.45, 7) is 2.36. The van der Waals surface area contributed by atoms with Crippen LogP contribution < -0.4 is 5.32 Å². The van der Waals surface area contributed by atoms with Crippen LogP contribution in [-0.4, -0.2) is 6.04 Å². The molecule has 0 spiro atoms. The minimum atomic E-state index is 0.614. The molecular weight excluding hydrogens is 242 g/mol. The summed E-state index contributed by atoms with van der Waals surface area (Å²) < 4.78 is 0. The summed E-state index contributed by atoms with van der Waals surface area (Å²) in [6, 6.07) is 10.4. The van der Waals surface area contributed by atoms with Crippen LogP contribution in [0.4, 0.5) is 0 Å². The van der Waals surface area contributed by atoms with Crippen molar-refractivity contribution < 1.29 is 0 Å². The molecule has 2 aliphatic rings. The summed E-state index contributed by atoms with van der Waals surface area (Å²) >= 11 is 0. The highest BCUT2D eigenvalue weighted by Crippen LogP contribution is 2.32. The van der Waals surface area contributed by atoms with Gasteiger partial charge in [-0.2, -0.15) is 0 Å². The second kappa shape index (κ2) is 6.76. The van der Waals surface area contributed by atoms with Crippen molar-refractivity contribution in [1.82, 2.24) is 5.32 Å². The van der Waals surface area contributed by atoms with E-state index in [1.807, 2.05) is 0 Å². The smallest absolute Gasteiger partial charge is 0.0325 e. The lowest BCUT2D eigenvalue weighted by atomic mass is 9.87. The van der Waals surface area contributed by atoms with E-state index in [-0.39, 0.29) is 0 Å². The van der Waals surface area contributed by atoms with Crippen LogP contribution in [0.25, 0.3) is 0 Å². The normalized spacial score (nSPS) is 30.6. The van der Waals surface area contributed by atoms with E-state index in [2.05, 4.69) is 36.5 Å². The second-order valence-corrected chi connectivity index (χ2v) is 6.79. The summed E-state index contributed by atoms with van der Waals surface area (Å²) in [7, 11) is 0. The molecule has 1 aromatic rings. The van der Waals surface area contributed by atoms with Crippen molar-refractivity contribution in [3.8, 4) is 0 Å². The highest BCUT2D eigenvalue weighted by molar-refractivity contribution is 5.32. The van der Waals surface area contributed by atoms with Crippen LogP contribution in [0.5, 0.6) is 0 Å². The van der Waals surface area contributed by atoms with Crippen molar-refractivity contribution in [1.29, 1.82) is 0 Å². The molecule has 0 heterocycles. The summed E-state index contributed by atoms with van der Waals surface area (Å²) in [4.78, 5) is 0. The molecule has 110 valence electrons. The van der Waals surface area contributed by atoms with Gasteiger partial charge in [0.1, 0.15) is 0 Å². The lowest BCUT2D eigenvalue weighted by molar-refractivity contribution is 0.362.